The van der Waals surface area contributed by atoms with E-state index in [9.17, 15) is 8.42 Å². The summed E-state index contributed by atoms with van der Waals surface area (Å²) in [7, 11) is -3.11. The lowest BCUT2D eigenvalue weighted by Gasteiger charge is -2.13. The Hall–Kier alpha value is -0.600. The first-order chi connectivity index (χ1) is 5.67. The number of hydrogen-bond donors (Lipinski definition) is 0. The molecular formula is C7H12N2O2S. The highest BCUT2D eigenvalue weighted by Crippen LogP contribution is 2.13. The summed E-state index contributed by atoms with van der Waals surface area (Å²) >= 11 is 0. The maximum absolute atomic E-state index is 11.4. The van der Waals surface area contributed by atoms with Crippen molar-refractivity contribution < 1.29 is 8.42 Å². The van der Waals surface area contributed by atoms with Crippen LogP contribution in [-0.2, 0) is 10.0 Å². The molecule has 1 heterocycles. The standard InChI is InChI=1S/C7H12N2O2S/c8-4-3-7-12(10,11)9-5-1-2-6-9/h1-3,5-7H2. The van der Waals surface area contributed by atoms with Gasteiger partial charge in [-0.1, -0.05) is 0 Å². The fourth-order valence-electron chi connectivity index (χ4n) is 1.27. The molecule has 0 aromatic carbocycles. The van der Waals surface area contributed by atoms with Crippen LogP contribution in [0, 0.1) is 11.3 Å². The first-order valence-electron chi connectivity index (χ1n) is 4.01. The Labute approximate surface area is 72.8 Å². The Morgan fingerprint density at radius 1 is 1.33 bits per heavy atom. The summed E-state index contributed by atoms with van der Waals surface area (Å²) in [4.78, 5) is 0. The van der Waals surface area contributed by atoms with Crippen LogP contribution in [0.25, 0.3) is 0 Å². The second kappa shape index (κ2) is 3.87. The summed E-state index contributed by atoms with van der Waals surface area (Å²) in [6.45, 7) is 1.27. The average molecular weight is 188 g/mol. The molecule has 0 atom stereocenters. The molecule has 0 bridgehead atoms. The van der Waals surface area contributed by atoms with Gasteiger partial charge in [0.25, 0.3) is 0 Å². The predicted molar refractivity (Wildman–Crippen MR) is 44.8 cm³/mol. The van der Waals surface area contributed by atoms with E-state index in [1.807, 2.05) is 6.07 Å². The number of hydrogen-bond acceptors (Lipinski definition) is 3. The van der Waals surface area contributed by atoms with Crippen molar-refractivity contribution in [3.8, 4) is 6.07 Å². The molecule has 0 spiro atoms. The van der Waals surface area contributed by atoms with Crippen molar-refractivity contribution in [1.29, 1.82) is 5.26 Å². The van der Waals surface area contributed by atoms with Gasteiger partial charge in [-0.3, -0.25) is 0 Å². The van der Waals surface area contributed by atoms with E-state index in [1.54, 1.807) is 0 Å². The molecule has 68 valence electrons. The lowest BCUT2D eigenvalue weighted by atomic mass is 10.4. The molecule has 12 heavy (non-hydrogen) atoms. The summed E-state index contributed by atoms with van der Waals surface area (Å²) in [6, 6.07) is 1.84. The summed E-state index contributed by atoms with van der Waals surface area (Å²) < 4.78 is 24.2. The van der Waals surface area contributed by atoms with Gasteiger partial charge < -0.3 is 0 Å². The lowest BCUT2D eigenvalue weighted by Crippen LogP contribution is -2.29. The van der Waals surface area contributed by atoms with E-state index in [2.05, 4.69) is 0 Å². The maximum Gasteiger partial charge on any atom is 0.215 e. The molecule has 5 heteroatoms. The number of nitriles is 1. The van der Waals surface area contributed by atoms with Crippen LogP contribution in [0.5, 0.6) is 0 Å². The third-order valence-corrected chi connectivity index (χ3v) is 3.80. The Morgan fingerprint density at radius 2 is 1.92 bits per heavy atom. The molecule has 4 nitrogen and oxygen atoms in total. The average Bonchev–Trinajstić information content (AvgIpc) is 2.53. The van der Waals surface area contributed by atoms with Crippen molar-refractivity contribution in [2.75, 3.05) is 18.8 Å². The third kappa shape index (κ3) is 2.19. The molecule has 0 aromatic rings. The SMILES string of the molecule is N#CCCS(=O)(=O)N1CCCC1. The largest absolute Gasteiger partial charge is 0.215 e. The Morgan fingerprint density at radius 3 is 2.42 bits per heavy atom. The molecule has 0 amide bonds. The van der Waals surface area contributed by atoms with Gasteiger partial charge in [0.15, 0.2) is 0 Å². The monoisotopic (exact) mass is 188 g/mol. The Bertz CT molecular complexity index is 272. The third-order valence-electron chi connectivity index (χ3n) is 1.93. The van der Waals surface area contributed by atoms with Gasteiger partial charge >= 0.3 is 0 Å². The van der Waals surface area contributed by atoms with Crippen LogP contribution in [0.3, 0.4) is 0 Å². The van der Waals surface area contributed by atoms with Crippen molar-refractivity contribution in [1.82, 2.24) is 4.31 Å². The highest BCUT2D eigenvalue weighted by atomic mass is 32.2. The normalized spacial score (nSPS) is 19.2. The molecular weight excluding hydrogens is 176 g/mol. The summed E-state index contributed by atoms with van der Waals surface area (Å²) in [6.07, 6.45) is 2.00. The molecule has 1 fully saturated rings. The van der Waals surface area contributed by atoms with Gasteiger partial charge in [0, 0.05) is 13.1 Å². The van der Waals surface area contributed by atoms with Crippen molar-refractivity contribution in [3.63, 3.8) is 0 Å². The van der Waals surface area contributed by atoms with Gasteiger partial charge in [-0.2, -0.15) is 5.26 Å². The first-order valence-corrected chi connectivity index (χ1v) is 5.62. The molecule has 0 aliphatic carbocycles. The topological polar surface area (TPSA) is 61.2 Å². The molecule has 0 unspecified atom stereocenters. The summed E-state index contributed by atoms with van der Waals surface area (Å²) in [5, 5.41) is 8.24. The van der Waals surface area contributed by atoms with Crippen LogP contribution < -0.4 is 0 Å². The predicted octanol–water partition coefficient (Wildman–Crippen LogP) is 0.326. The number of nitrogens with zero attached hydrogens (tertiary/aromatic N) is 2. The zero-order valence-corrected chi connectivity index (χ0v) is 7.68. The molecule has 1 saturated heterocycles. The lowest BCUT2D eigenvalue weighted by molar-refractivity contribution is 0.477. The molecule has 0 radical (unpaired) electrons. The van der Waals surface area contributed by atoms with Crippen molar-refractivity contribution in [3.05, 3.63) is 0 Å². The van der Waals surface area contributed by atoms with Gasteiger partial charge in [-0.25, -0.2) is 12.7 Å². The molecule has 0 aromatic heterocycles. The minimum Gasteiger partial charge on any atom is -0.212 e. The number of rotatable bonds is 3. The molecule has 1 aliphatic rings. The molecule has 0 saturated carbocycles. The first kappa shape index (κ1) is 9.49. The van der Waals surface area contributed by atoms with Crippen molar-refractivity contribution in [2.45, 2.75) is 19.3 Å². The smallest absolute Gasteiger partial charge is 0.212 e. The van der Waals surface area contributed by atoms with Crippen LogP contribution in [0.2, 0.25) is 0 Å². The Kier molecular flexibility index (Phi) is 3.06. The van der Waals surface area contributed by atoms with E-state index in [0.29, 0.717) is 13.1 Å². The van der Waals surface area contributed by atoms with Gasteiger partial charge in [0.2, 0.25) is 10.0 Å². The minimum atomic E-state index is -3.11. The molecule has 1 aliphatic heterocycles. The van der Waals surface area contributed by atoms with E-state index in [4.69, 9.17) is 5.26 Å². The molecule has 0 N–H and O–H groups in total. The van der Waals surface area contributed by atoms with E-state index in [0.717, 1.165) is 12.8 Å². The fraction of sp³-hybridized carbons (Fsp3) is 0.857. The van der Waals surface area contributed by atoms with Crippen LogP contribution in [0.4, 0.5) is 0 Å². The van der Waals surface area contributed by atoms with Crippen LogP contribution in [0.1, 0.15) is 19.3 Å². The van der Waals surface area contributed by atoms with Crippen LogP contribution >= 0.6 is 0 Å². The zero-order chi connectivity index (χ0) is 9.03. The van der Waals surface area contributed by atoms with E-state index >= 15 is 0 Å². The Balaban J connectivity index is 2.53. The summed E-state index contributed by atoms with van der Waals surface area (Å²) in [5.41, 5.74) is 0. The highest BCUT2D eigenvalue weighted by Gasteiger charge is 2.24. The van der Waals surface area contributed by atoms with E-state index < -0.39 is 10.0 Å². The van der Waals surface area contributed by atoms with E-state index in [-0.39, 0.29) is 12.2 Å². The fourth-order valence-corrected chi connectivity index (χ4v) is 2.69. The van der Waals surface area contributed by atoms with Crippen LogP contribution in [0.15, 0.2) is 0 Å². The highest BCUT2D eigenvalue weighted by molar-refractivity contribution is 7.89. The molecule has 1 rings (SSSR count). The van der Waals surface area contributed by atoms with Gasteiger partial charge in [0.1, 0.15) is 0 Å². The van der Waals surface area contributed by atoms with Gasteiger partial charge in [-0.05, 0) is 12.8 Å². The van der Waals surface area contributed by atoms with Gasteiger partial charge in [-0.15, -0.1) is 0 Å². The van der Waals surface area contributed by atoms with Gasteiger partial charge in [0.05, 0.1) is 18.2 Å². The van der Waals surface area contributed by atoms with Crippen molar-refractivity contribution in [2.24, 2.45) is 0 Å². The van der Waals surface area contributed by atoms with Crippen molar-refractivity contribution >= 4 is 10.0 Å². The second-order valence-corrected chi connectivity index (χ2v) is 4.92. The summed E-state index contributed by atoms with van der Waals surface area (Å²) in [5.74, 6) is -0.0243. The number of sulfonamides is 1. The van der Waals surface area contributed by atoms with E-state index in [1.165, 1.54) is 4.31 Å². The maximum atomic E-state index is 11.4. The quantitative estimate of drug-likeness (QED) is 0.641. The zero-order valence-electron chi connectivity index (χ0n) is 6.86. The second-order valence-electron chi connectivity index (χ2n) is 2.83. The minimum absolute atomic E-state index is 0.0243. The van der Waals surface area contributed by atoms with Crippen LogP contribution in [-0.4, -0.2) is 31.6 Å².